The Morgan fingerprint density at radius 1 is 0.933 bits per heavy atom. The minimum atomic E-state index is -1.01. The quantitative estimate of drug-likeness (QED) is 0.635. The molecule has 1 aliphatic rings. The minimum Gasteiger partial charge on any atom is -0.257 e. The zero-order valence-electron chi connectivity index (χ0n) is 7.74. The Bertz CT molecular complexity index is 487. The minimum absolute atomic E-state index is 0.731. The monoisotopic (exact) mass is 235 g/mol. The second-order valence-electron chi connectivity index (χ2n) is 3.52. The summed E-state index contributed by atoms with van der Waals surface area (Å²) in [5.41, 5.74) is 3.75. The van der Waals surface area contributed by atoms with Crippen LogP contribution in [-0.4, -0.2) is 4.98 Å². The summed E-state index contributed by atoms with van der Waals surface area (Å²) in [6.07, 6.45) is 1.71. The van der Waals surface area contributed by atoms with Crippen LogP contribution in [0.5, 0.6) is 0 Å². The highest BCUT2D eigenvalue weighted by Crippen LogP contribution is 2.52. The summed E-state index contributed by atoms with van der Waals surface area (Å²) in [6, 6.07) is 11.8. The van der Waals surface area contributed by atoms with Crippen LogP contribution in [0.4, 0.5) is 0 Å². The van der Waals surface area contributed by atoms with Gasteiger partial charge in [-0.25, -0.2) is 0 Å². The third kappa shape index (κ3) is 1.14. The van der Waals surface area contributed by atoms with Crippen LogP contribution in [0, 0.1) is 0 Å². The van der Waals surface area contributed by atoms with Crippen molar-refractivity contribution in [2.75, 3.05) is 0 Å². The van der Waals surface area contributed by atoms with E-state index >= 15 is 0 Å². The molecule has 0 bridgehead atoms. The van der Waals surface area contributed by atoms with Gasteiger partial charge in [0.1, 0.15) is 0 Å². The van der Waals surface area contributed by atoms with Gasteiger partial charge in [-0.2, -0.15) is 0 Å². The summed E-state index contributed by atoms with van der Waals surface area (Å²) in [7, 11) is 0. The topological polar surface area (TPSA) is 12.9 Å². The first kappa shape index (κ1) is 9.20. The largest absolute Gasteiger partial charge is 0.257 e. The highest BCUT2D eigenvalue weighted by atomic mass is 35.5. The summed E-state index contributed by atoms with van der Waals surface area (Å²) < 4.78 is -1.01. The molecule has 0 spiro atoms. The average Bonchev–Trinajstić information content (AvgIpc) is 2.51. The molecule has 3 rings (SSSR count). The van der Waals surface area contributed by atoms with Crippen molar-refractivity contribution >= 4 is 23.2 Å². The lowest BCUT2D eigenvalue weighted by Gasteiger charge is -2.13. The predicted octanol–water partition coefficient (Wildman–Crippen LogP) is 3.74. The van der Waals surface area contributed by atoms with E-state index in [1.165, 1.54) is 0 Å². The van der Waals surface area contributed by atoms with Crippen molar-refractivity contribution in [3.05, 3.63) is 53.9 Å². The van der Waals surface area contributed by atoms with Crippen LogP contribution in [0.25, 0.3) is 11.1 Å². The van der Waals surface area contributed by atoms with Gasteiger partial charge in [-0.3, -0.25) is 4.98 Å². The molecule has 74 valence electrons. The normalized spacial score (nSPS) is 15.9. The molecule has 0 aliphatic heterocycles. The van der Waals surface area contributed by atoms with Crippen LogP contribution in [0.3, 0.4) is 0 Å². The maximum absolute atomic E-state index is 6.33. The molecule has 0 N–H and O–H groups in total. The van der Waals surface area contributed by atoms with Crippen LogP contribution in [0.1, 0.15) is 11.3 Å². The number of alkyl halides is 2. The molecule has 2 aromatic rings. The van der Waals surface area contributed by atoms with E-state index in [4.69, 9.17) is 23.2 Å². The zero-order valence-corrected chi connectivity index (χ0v) is 9.26. The number of pyridine rings is 1. The first-order valence-corrected chi connectivity index (χ1v) is 5.40. The van der Waals surface area contributed by atoms with E-state index < -0.39 is 4.33 Å². The zero-order chi connectivity index (χ0) is 10.5. The lowest BCUT2D eigenvalue weighted by atomic mass is 10.1. The second kappa shape index (κ2) is 2.97. The van der Waals surface area contributed by atoms with Crippen LogP contribution in [0.15, 0.2) is 42.6 Å². The van der Waals surface area contributed by atoms with Crippen LogP contribution < -0.4 is 0 Å². The molecule has 15 heavy (non-hydrogen) atoms. The predicted molar refractivity (Wildman–Crippen MR) is 62.2 cm³/mol. The summed E-state index contributed by atoms with van der Waals surface area (Å²) in [6.45, 7) is 0. The van der Waals surface area contributed by atoms with Crippen molar-refractivity contribution in [3.63, 3.8) is 0 Å². The van der Waals surface area contributed by atoms with E-state index in [-0.39, 0.29) is 0 Å². The third-order valence-electron chi connectivity index (χ3n) is 2.66. The van der Waals surface area contributed by atoms with Gasteiger partial charge in [-0.05, 0) is 11.6 Å². The molecule has 0 amide bonds. The first-order chi connectivity index (χ1) is 7.21. The van der Waals surface area contributed by atoms with Gasteiger partial charge in [0, 0.05) is 17.3 Å². The van der Waals surface area contributed by atoms with Gasteiger partial charge in [0.05, 0.1) is 5.69 Å². The van der Waals surface area contributed by atoms with Gasteiger partial charge in [0.15, 0.2) is 4.33 Å². The smallest absolute Gasteiger partial charge is 0.185 e. The van der Waals surface area contributed by atoms with E-state index in [2.05, 4.69) is 4.98 Å². The molecule has 0 unspecified atom stereocenters. The Labute approximate surface area is 97.7 Å². The van der Waals surface area contributed by atoms with Crippen LogP contribution in [0.2, 0.25) is 0 Å². The standard InChI is InChI=1S/C12H7Cl2N/c13-12(14)10-6-2-1-4-8(10)9-5-3-7-15-11(9)12/h1-7H. The number of hydrogen-bond acceptors (Lipinski definition) is 1. The average molecular weight is 236 g/mol. The fourth-order valence-corrected chi connectivity index (χ4v) is 2.62. The van der Waals surface area contributed by atoms with Crippen molar-refractivity contribution < 1.29 is 0 Å². The molecule has 3 heteroatoms. The number of rotatable bonds is 0. The van der Waals surface area contributed by atoms with Crippen molar-refractivity contribution in [3.8, 4) is 11.1 Å². The summed E-state index contributed by atoms with van der Waals surface area (Å²) >= 11 is 12.7. The first-order valence-electron chi connectivity index (χ1n) is 4.64. The Morgan fingerprint density at radius 2 is 1.67 bits per heavy atom. The fourth-order valence-electron chi connectivity index (χ4n) is 1.99. The number of hydrogen-bond donors (Lipinski definition) is 0. The Kier molecular flexibility index (Phi) is 1.82. The lowest BCUT2D eigenvalue weighted by molar-refractivity contribution is 1.00. The highest BCUT2D eigenvalue weighted by Gasteiger charge is 2.41. The Morgan fingerprint density at radius 3 is 2.53 bits per heavy atom. The third-order valence-corrected chi connectivity index (χ3v) is 3.43. The number of aromatic nitrogens is 1. The molecule has 0 fully saturated rings. The van der Waals surface area contributed by atoms with Crippen LogP contribution in [-0.2, 0) is 4.33 Å². The second-order valence-corrected chi connectivity index (χ2v) is 4.85. The van der Waals surface area contributed by atoms with E-state index in [0.717, 1.165) is 22.4 Å². The molecule has 1 heterocycles. The van der Waals surface area contributed by atoms with Crippen molar-refractivity contribution in [1.29, 1.82) is 0 Å². The summed E-state index contributed by atoms with van der Waals surface area (Å²) in [5.74, 6) is 0. The van der Waals surface area contributed by atoms with Gasteiger partial charge in [-0.1, -0.05) is 53.5 Å². The molecular weight excluding hydrogens is 229 g/mol. The van der Waals surface area contributed by atoms with Crippen molar-refractivity contribution in [1.82, 2.24) is 4.98 Å². The molecular formula is C12H7Cl2N. The number of halogens is 2. The maximum Gasteiger partial charge on any atom is 0.185 e. The van der Waals surface area contributed by atoms with Gasteiger partial charge >= 0.3 is 0 Å². The maximum atomic E-state index is 6.33. The Hall–Kier alpha value is -1.05. The highest BCUT2D eigenvalue weighted by molar-refractivity contribution is 6.51. The van der Waals surface area contributed by atoms with Gasteiger partial charge in [-0.15, -0.1) is 0 Å². The SMILES string of the molecule is ClC1(Cl)c2ccccc2-c2cccnc21. The molecule has 0 atom stereocenters. The summed E-state index contributed by atoms with van der Waals surface area (Å²) in [5, 5.41) is 0. The molecule has 1 aliphatic carbocycles. The van der Waals surface area contributed by atoms with E-state index in [1.807, 2.05) is 36.4 Å². The molecule has 1 aromatic carbocycles. The van der Waals surface area contributed by atoms with E-state index in [9.17, 15) is 0 Å². The number of nitrogens with zero attached hydrogens (tertiary/aromatic N) is 1. The van der Waals surface area contributed by atoms with Crippen molar-refractivity contribution in [2.45, 2.75) is 4.33 Å². The molecule has 0 radical (unpaired) electrons. The van der Waals surface area contributed by atoms with Crippen molar-refractivity contribution in [2.24, 2.45) is 0 Å². The number of fused-ring (bicyclic) bond motifs is 3. The molecule has 1 nitrogen and oxygen atoms in total. The van der Waals surface area contributed by atoms with E-state index in [0.29, 0.717) is 0 Å². The van der Waals surface area contributed by atoms with Gasteiger partial charge in [0.25, 0.3) is 0 Å². The Balaban J connectivity index is 2.42. The number of benzene rings is 1. The molecule has 1 aromatic heterocycles. The summed E-state index contributed by atoms with van der Waals surface area (Å²) in [4.78, 5) is 4.26. The molecule has 0 saturated carbocycles. The van der Waals surface area contributed by atoms with Gasteiger partial charge < -0.3 is 0 Å². The van der Waals surface area contributed by atoms with E-state index in [1.54, 1.807) is 6.20 Å². The van der Waals surface area contributed by atoms with Crippen LogP contribution >= 0.6 is 23.2 Å². The fraction of sp³-hybridized carbons (Fsp3) is 0.0833. The van der Waals surface area contributed by atoms with Gasteiger partial charge in [0.2, 0.25) is 0 Å². The molecule has 0 saturated heterocycles. The lowest BCUT2D eigenvalue weighted by Crippen LogP contribution is -2.09.